The van der Waals surface area contributed by atoms with Gasteiger partial charge in [-0.1, -0.05) is 11.2 Å². The molecular weight excluding hydrogens is 294 g/mol. The molecule has 0 amide bonds. The molecule has 0 saturated heterocycles. The topological polar surface area (TPSA) is 91.3 Å². The Balaban J connectivity index is 1.64. The molecule has 7 nitrogen and oxygen atoms in total. The molecule has 0 aliphatic heterocycles. The van der Waals surface area contributed by atoms with Gasteiger partial charge in [0.05, 0.1) is 9.80 Å². The first-order chi connectivity index (χ1) is 10.2. The van der Waals surface area contributed by atoms with Crippen LogP contribution in [0.3, 0.4) is 0 Å². The lowest BCUT2D eigenvalue weighted by Crippen LogP contribution is -1.97. The second-order valence-corrected chi connectivity index (χ2v) is 4.98. The number of ether oxygens (including phenoxy) is 1. The van der Waals surface area contributed by atoms with Crippen LogP contribution in [0.1, 0.15) is 5.82 Å². The fourth-order valence-corrected chi connectivity index (χ4v) is 2.27. The summed E-state index contributed by atoms with van der Waals surface area (Å²) in [4.78, 5) is 15.2. The van der Waals surface area contributed by atoms with E-state index in [4.69, 9.17) is 9.26 Å². The number of non-ortho nitro benzene ring substituents is 1. The molecule has 1 aromatic carbocycles. The number of hydrogen-bond acceptors (Lipinski definition) is 7. The molecule has 0 atom stereocenters. The Bertz CT molecular complexity index is 737. The largest absolute Gasteiger partial charge is 0.485 e. The minimum atomic E-state index is -0.462. The van der Waals surface area contributed by atoms with E-state index in [1.807, 2.05) is 17.5 Å². The highest BCUT2D eigenvalue weighted by molar-refractivity contribution is 7.13. The summed E-state index contributed by atoms with van der Waals surface area (Å²) in [6, 6.07) is 9.60. The molecule has 0 radical (unpaired) electrons. The third-order valence-corrected chi connectivity index (χ3v) is 3.47. The quantitative estimate of drug-likeness (QED) is 0.530. The van der Waals surface area contributed by atoms with Crippen molar-refractivity contribution in [2.75, 3.05) is 0 Å². The minimum absolute atomic E-state index is 0.0156. The average Bonchev–Trinajstić information content (AvgIpc) is 3.16. The third kappa shape index (κ3) is 3.06. The lowest BCUT2D eigenvalue weighted by molar-refractivity contribution is -0.384. The summed E-state index contributed by atoms with van der Waals surface area (Å²) in [5, 5.41) is 16.3. The molecule has 0 spiro atoms. The summed E-state index contributed by atoms with van der Waals surface area (Å²) in [7, 11) is 0. The van der Waals surface area contributed by atoms with E-state index < -0.39 is 4.92 Å². The smallest absolute Gasteiger partial charge is 0.269 e. The van der Waals surface area contributed by atoms with E-state index in [1.165, 1.54) is 35.6 Å². The van der Waals surface area contributed by atoms with Crippen LogP contribution in [0, 0.1) is 10.1 Å². The maximum absolute atomic E-state index is 10.5. The van der Waals surface area contributed by atoms with Crippen molar-refractivity contribution in [3.8, 4) is 16.5 Å². The molecule has 0 unspecified atom stereocenters. The number of nitrogens with zero attached hydrogens (tertiary/aromatic N) is 3. The SMILES string of the molecule is O=[N+]([O-])c1ccc(OCc2noc(-c3cccs3)n2)cc1. The summed E-state index contributed by atoms with van der Waals surface area (Å²) in [5.41, 5.74) is 0.0156. The van der Waals surface area contributed by atoms with Crippen molar-refractivity contribution in [3.63, 3.8) is 0 Å². The van der Waals surface area contributed by atoms with Gasteiger partial charge in [-0.05, 0) is 23.6 Å². The van der Waals surface area contributed by atoms with Crippen LogP contribution in [0.5, 0.6) is 5.75 Å². The van der Waals surface area contributed by atoms with Gasteiger partial charge in [0.25, 0.3) is 11.6 Å². The van der Waals surface area contributed by atoms with Gasteiger partial charge in [-0.3, -0.25) is 10.1 Å². The van der Waals surface area contributed by atoms with Gasteiger partial charge in [0.1, 0.15) is 5.75 Å². The fourth-order valence-electron chi connectivity index (χ4n) is 1.62. The van der Waals surface area contributed by atoms with E-state index >= 15 is 0 Å². The minimum Gasteiger partial charge on any atom is -0.485 e. The van der Waals surface area contributed by atoms with Crippen LogP contribution in [0.15, 0.2) is 46.3 Å². The first kappa shape index (κ1) is 13.3. The van der Waals surface area contributed by atoms with Crippen molar-refractivity contribution in [1.29, 1.82) is 0 Å². The van der Waals surface area contributed by atoms with Gasteiger partial charge < -0.3 is 9.26 Å². The standard InChI is InChI=1S/C13H9N3O4S/c17-16(18)9-3-5-10(6-4-9)19-8-12-14-13(20-15-12)11-2-1-7-21-11/h1-7H,8H2. The van der Waals surface area contributed by atoms with Gasteiger partial charge in [0.2, 0.25) is 5.82 Å². The predicted molar refractivity (Wildman–Crippen MR) is 75.0 cm³/mol. The number of aromatic nitrogens is 2. The normalized spacial score (nSPS) is 10.5. The Kier molecular flexibility index (Phi) is 3.61. The second-order valence-electron chi connectivity index (χ2n) is 4.03. The zero-order valence-corrected chi connectivity index (χ0v) is 11.4. The number of benzene rings is 1. The summed E-state index contributed by atoms with van der Waals surface area (Å²) in [5.74, 6) is 1.37. The van der Waals surface area contributed by atoms with Crippen LogP contribution >= 0.6 is 11.3 Å². The zero-order chi connectivity index (χ0) is 14.7. The third-order valence-electron chi connectivity index (χ3n) is 2.62. The average molecular weight is 303 g/mol. The first-order valence-electron chi connectivity index (χ1n) is 5.96. The van der Waals surface area contributed by atoms with E-state index in [0.29, 0.717) is 17.5 Å². The Morgan fingerprint density at radius 3 is 2.76 bits per heavy atom. The van der Waals surface area contributed by atoms with Gasteiger partial charge in [0, 0.05) is 12.1 Å². The van der Waals surface area contributed by atoms with Crippen LogP contribution in [-0.2, 0) is 6.61 Å². The molecular formula is C13H9N3O4S. The van der Waals surface area contributed by atoms with E-state index in [9.17, 15) is 10.1 Å². The maximum atomic E-state index is 10.5. The predicted octanol–water partition coefficient (Wildman–Crippen LogP) is 3.29. The number of nitro groups is 1. The van der Waals surface area contributed by atoms with Crippen LogP contribution in [0.2, 0.25) is 0 Å². The summed E-state index contributed by atoms with van der Waals surface area (Å²) in [6.07, 6.45) is 0. The molecule has 0 aliphatic rings. The van der Waals surface area contributed by atoms with Gasteiger partial charge in [-0.25, -0.2) is 0 Å². The summed E-state index contributed by atoms with van der Waals surface area (Å²) < 4.78 is 10.6. The molecule has 0 saturated carbocycles. The number of hydrogen-bond donors (Lipinski definition) is 0. The molecule has 3 aromatic rings. The molecule has 0 N–H and O–H groups in total. The van der Waals surface area contributed by atoms with Crippen molar-refractivity contribution in [2.45, 2.75) is 6.61 Å². The monoisotopic (exact) mass is 303 g/mol. The Labute approximate surface area is 123 Å². The molecule has 106 valence electrons. The van der Waals surface area contributed by atoms with Gasteiger partial charge in [-0.2, -0.15) is 4.98 Å². The van der Waals surface area contributed by atoms with E-state index in [-0.39, 0.29) is 12.3 Å². The number of nitro benzene ring substituents is 1. The molecule has 2 aromatic heterocycles. The van der Waals surface area contributed by atoms with E-state index in [2.05, 4.69) is 10.1 Å². The van der Waals surface area contributed by atoms with Gasteiger partial charge in [-0.15, -0.1) is 11.3 Å². The summed E-state index contributed by atoms with van der Waals surface area (Å²) >= 11 is 1.51. The van der Waals surface area contributed by atoms with Crippen molar-refractivity contribution in [2.24, 2.45) is 0 Å². The molecule has 21 heavy (non-hydrogen) atoms. The molecule has 0 bridgehead atoms. The van der Waals surface area contributed by atoms with Gasteiger partial charge in [0.15, 0.2) is 6.61 Å². The molecule has 0 fully saturated rings. The highest BCUT2D eigenvalue weighted by atomic mass is 32.1. The van der Waals surface area contributed by atoms with Crippen molar-refractivity contribution in [3.05, 3.63) is 57.7 Å². The highest BCUT2D eigenvalue weighted by Gasteiger charge is 2.10. The number of rotatable bonds is 5. The highest BCUT2D eigenvalue weighted by Crippen LogP contribution is 2.23. The van der Waals surface area contributed by atoms with Crippen LogP contribution < -0.4 is 4.74 Å². The Morgan fingerprint density at radius 1 is 1.29 bits per heavy atom. The summed E-state index contributed by atoms with van der Waals surface area (Å²) in [6.45, 7) is 0.132. The lowest BCUT2D eigenvalue weighted by Gasteiger charge is -2.01. The zero-order valence-electron chi connectivity index (χ0n) is 10.6. The Morgan fingerprint density at radius 2 is 2.10 bits per heavy atom. The maximum Gasteiger partial charge on any atom is 0.269 e. The lowest BCUT2D eigenvalue weighted by atomic mass is 10.3. The molecule has 0 aliphatic carbocycles. The van der Waals surface area contributed by atoms with Crippen LogP contribution in [0.25, 0.3) is 10.8 Å². The van der Waals surface area contributed by atoms with E-state index in [0.717, 1.165) is 4.88 Å². The first-order valence-corrected chi connectivity index (χ1v) is 6.84. The van der Waals surface area contributed by atoms with Crippen LogP contribution in [-0.4, -0.2) is 15.1 Å². The fraction of sp³-hybridized carbons (Fsp3) is 0.0769. The van der Waals surface area contributed by atoms with Gasteiger partial charge >= 0.3 is 0 Å². The van der Waals surface area contributed by atoms with Crippen molar-refractivity contribution >= 4 is 17.0 Å². The van der Waals surface area contributed by atoms with E-state index in [1.54, 1.807) is 0 Å². The molecule has 3 rings (SSSR count). The molecule has 2 heterocycles. The number of thiophene rings is 1. The molecule has 8 heteroatoms. The van der Waals surface area contributed by atoms with Crippen molar-refractivity contribution < 1.29 is 14.2 Å². The van der Waals surface area contributed by atoms with Crippen LogP contribution in [0.4, 0.5) is 5.69 Å². The second kappa shape index (κ2) is 5.71. The van der Waals surface area contributed by atoms with Crippen molar-refractivity contribution in [1.82, 2.24) is 10.1 Å². The Hall–Kier alpha value is -2.74.